The van der Waals surface area contributed by atoms with Gasteiger partial charge in [0, 0.05) is 11.3 Å². The molecule has 1 aliphatic heterocycles. The molecule has 1 amide bonds. The standard InChI is InChI=1S/C20H19N5O/c1-12-8-6-7-11-15(12)19-23-20-22-13(2)16(18(21)26)17(25(20)24-19)14-9-4-3-5-10-14/h3-11,17H,1-2H3,(H2,21,26)(H,22,23,24). The molecule has 6 nitrogen and oxygen atoms in total. The molecule has 3 aromatic rings. The van der Waals surface area contributed by atoms with Crippen LogP contribution in [-0.4, -0.2) is 20.7 Å². The van der Waals surface area contributed by atoms with Crippen molar-refractivity contribution >= 4 is 11.9 Å². The van der Waals surface area contributed by atoms with Crippen LogP contribution in [0.2, 0.25) is 0 Å². The van der Waals surface area contributed by atoms with Crippen molar-refractivity contribution in [2.24, 2.45) is 5.73 Å². The summed E-state index contributed by atoms with van der Waals surface area (Å²) in [5.74, 6) is 0.743. The Morgan fingerprint density at radius 3 is 2.46 bits per heavy atom. The number of nitrogens with two attached hydrogens (primary N) is 1. The molecule has 2 heterocycles. The number of primary amides is 1. The van der Waals surface area contributed by atoms with E-state index in [0.29, 0.717) is 23.0 Å². The molecule has 0 spiro atoms. The van der Waals surface area contributed by atoms with Gasteiger partial charge in [-0.15, -0.1) is 5.10 Å². The van der Waals surface area contributed by atoms with Crippen LogP contribution >= 0.6 is 0 Å². The van der Waals surface area contributed by atoms with Crippen LogP contribution in [-0.2, 0) is 4.79 Å². The van der Waals surface area contributed by atoms with Crippen molar-refractivity contribution in [3.63, 3.8) is 0 Å². The summed E-state index contributed by atoms with van der Waals surface area (Å²) >= 11 is 0. The third kappa shape index (κ3) is 2.56. The van der Waals surface area contributed by atoms with E-state index >= 15 is 0 Å². The Morgan fingerprint density at radius 2 is 1.77 bits per heavy atom. The van der Waals surface area contributed by atoms with Crippen molar-refractivity contribution in [2.75, 3.05) is 5.32 Å². The monoisotopic (exact) mass is 345 g/mol. The van der Waals surface area contributed by atoms with E-state index in [2.05, 4.69) is 10.3 Å². The van der Waals surface area contributed by atoms with Crippen molar-refractivity contribution in [1.29, 1.82) is 0 Å². The first kappa shape index (κ1) is 16.1. The van der Waals surface area contributed by atoms with Gasteiger partial charge in [0.05, 0.1) is 5.57 Å². The minimum absolute atomic E-state index is 0.407. The Labute approximate surface area is 151 Å². The number of anilines is 1. The van der Waals surface area contributed by atoms with Crippen LogP contribution in [0.3, 0.4) is 0 Å². The van der Waals surface area contributed by atoms with Gasteiger partial charge in [-0.05, 0) is 25.0 Å². The van der Waals surface area contributed by atoms with Gasteiger partial charge >= 0.3 is 0 Å². The zero-order valence-electron chi connectivity index (χ0n) is 14.6. The minimum atomic E-state index is -0.470. The number of rotatable bonds is 3. The highest BCUT2D eigenvalue weighted by atomic mass is 16.1. The molecule has 3 N–H and O–H groups in total. The summed E-state index contributed by atoms with van der Waals surface area (Å²) in [4.78, 5) is 16.8. The third-order valence-electron chi connectivity index (χ3n) is 4.62. The fraction of sp³-hybridized carbons (Fsp3) is 0.150. The molecular formula is C20H19N5O. The van der Waals surface area contributed by atoms with Crippen LogP contribution in [0.25, 0.3) is 11.4 Å². The molecule has 0 saturated heterocycles. The molecule has 0 radical (unpaired) electrons. The number of amides is 1. The summed E-state index contributed by atoms with van der Waals surface area (Å²) in [6, 6.07) is 17.3. The van der Waals surface area contributed by atoms with Gasteiger partial charge in [-0.2, -0.15) is 4.98 Å². The SMILES string of the molecule is CC1=C(C(N)=O)C(c2ccccc2)n2nc(-c3ccccc3C)nc2N1. The molecule has 1 unspecified atom stereocenters. The van der Waals surface area contributed by atoms with Crippen LogP contribution in [0.5, 0.6) is 0 Å². The lowest BCUT2D eigenvalue weighted by atomic mass is 9.95. The number of hydrogen-bond donors (Lipinski definition) is 2. The largest absolute Gasteiger partial charge is 0.366 e. The predicted molar refractivity (Wildman–Crippen MR) is 100 cm³/mol. The highest BCUT2D eigenvalue weighted by Crippen LogP contribution is 2.36. The van der Waals surface area contributed by atoms with Gasteiger partial charge in [-0.1, -0.05) is 54.6 Å². The first-order valence-corrected chi connectivity index (χ1v) is 8.41. The maximum atomic E-state index is 12.2. The maximum absolute atomic E-state index is 12.2. The molecule has 4 rings (SSSR count). The number of carbonyl (C=O) groups is 1. The van der Waals surface area contributed by atoms with Crippen LogP contribution in [0.15, 0.2) is 65.9 Å². The second-order valence-electron chi connectivity index (χ2n) is 6.36. The maximum Gasteiger partial charge on any atom is 0.248 e. The second kappa shape index (κ2) is 6.15. The number of hydrogen-bond acceptors (Lipinski definition) is 4. The van der Waals surface area contributed by atoms with Crippen LogP contribution in [0.4, 0.5) is 5.95 Å². The van der Waals surface area contributed by atoms with E-state index in [1.54, 1.807) is 4.68 Å². The second-order valence-corrected chi connectivity index (χ2v) is 6.36. The van der Waals surface area contributed by atoms with Gasteiger partial charge in [-0.25, -0.2) is 4.68 Å². The number of fused-ring (bicyclic) bond motifs is 1. The molecule has 0 bridgehead atoms. The summed E-state index contributed by atoms with van der Waals surface area (Å²) < 4.78 is 1.74. The Morgan fingerprint density at radius 1 is 1.08 bits per heavy atom. The zero-order valence-corrected chi connectivity index (χ0v) is 14.6. The van der Waals surface area contributed by atoms with Crippen LogP contribution in [0, 0.1) is 6.92 Å². The normalized spacial score (nSPS) is 16.2. The van der Waals surface area contributed by atoms with Gasteiger partial charge in [-0.3, -0.25) is 4.79 Å². The van der Waals surface area contributed by atoms with Crippen LogP contribution in [0.1, 0.15) is 24.1 Å². The number of allylic oxidation sites excluding steroid dienone is 1. The highest BCUT2D eigenvalue weighted by Gasteiger charge is 2.33. The smallest absolute Gasteiger partial charge is 0.248 e. The topological polar surface area (TPSA) is 85.8 Å². The summed E-state index contributed by atoms with van der Waals surface area (Å²) in [6.07, 6.45) is 0. The molecule has 1 aromatic heterocycles. The average molecular weight is 345 g/mol. The molecular weight excluding hydrogens is 326 g/mol. The molecule has 0 fully saturated rings. The summed E-state index contributed by atoms with van der Waals surface area (Å²) in [6.45, 7) is 3.86. The number of aromatic nitrogens is 3. The van der Waals surface area contributed by atoms with Gasteiger partial charge in [0.25, 0.3) is 0 Å². The number of carbonyl (C=O) groups excluding carboxylic acids is 1. The molecule has 130 valence electrons. The van der Waals surface area contributed by atoms with E-state index in [-0.39, 0.29) is 0 Å². The predicted octanol–water partition coefficient (Wildman–Crippen LogP) is 3.03. The van der Waals surface area contributed by atoms with E-state index in [0.717, 1.165) is 16.7 Å². The Balaban J connectivity index is 1.90. The van der Waals surface area contributed by atoms with Crippen molar-refractivity contribution in [1.82, 2.24) is 14.8 Å². The van der Waals surface area contributed by atoms with E-state index in [1.165, 1.54) is 0 Å². The Kier molecular flexibility index (Phi) is 3.80. The minimum Gasteiger partial charge on any atom is -0.366 e. The van der Waals surface area contributed by atoms with Crippen molar-refractivity contribution in [3.8, 4) is 11.4 Å². The number of benzene rings is 2. The fourth-order valence-corrected chi connectivity index (χ4v) is 3.35. The number of aryl methyl sites for hydroxylation is 1. The molecule has 26 heavy (non-hydrogen) atoms. The van der Waals surface area contributed by atoms with Crippen molar-refractivity contribution in [3.05, 3.63) is 77.0 Å². The van der Waals surface area contributed by atoms with E-state index in [4.69, 9.17) is 10.8 Å². The van der Waals surface area contributed by atoms with Crippen molar-refractivity contribution in [2.45, 2.75) is 19.9 Å². The van der Waals surface area contributed by atoms with Gasteiger partial charge in [0.1, 0.15) is 6.04 Å². The van der Waals surface area contributed by atoms with Crippen molar-refractivity contribution < 1.29 is 4.79 Å². The lowest BCUT2D eigenvalue weighted by Gasteiger charge is -2.27. The first-order chi connectivity index (χ1) is 12.6. The van der Waals surface area contributed by atoms with Crippen LogP contribution < -0.4 is 11.1 Å². The summed E-state index contributed by atoms with van der Waals surface area (Å²) in [5.41, 5.74) is 9.86. The lowest BCUT2D eigenvalue weighted by Crippen LogP contribution is -2.31. The average Bonchev–Trinajstić information content (AvgIpc) is 3.04. The molecule has 0 saturated carbocycles. The number of nitrogens with zero attached hydrogens (tertiary/aromatic N) is 3. The molecule has 1 aliphatic rings. The van der Waals surface area contributed by atoms with Gasteiger partial charge in [0.15, 0.2) is 5.82 Å². The Hall–Kier alpha value is -3.41. The molecule has 1 atom stereocenters. The zero-order chi connectivity index (χ0) is 18.3. The quantitative estimate of drug-likeness (QED) is 0.764. The molecule has 6 heteroatoms. The number of nitrogens with one attached hydrogen (secondary N) is 1. The van der Waals surface area contributed by atoms with E-state index < -0.39 is 11.9 Å². The van der Waals surface area contributed by atoms with Gasteiger partial charge in [0.2, 0.25) is 11.9 Å². The van der Waals surface area contributed by atoms with E-state index in [9.17, 15) is 4.79 Å². The fourth-order valence-electron chi connectivity index (χ4n) is 3.35. The van der Waals surface area contributed by atoms with E-state index in [1.807, 2.05) is 68.4 Å². The molecule has 2 aromatic carbocycles. The third-order valence-corrected chi connectivity index (χ3v) is 4.62. The Bertz CT molecular complexity index is 1020. The lowest BCUT2D eigenvalue weighted by molar-refractivity contribution is -0.115. The highest BCUT2D eigenvalue weighted by molar-refractivity contribution is 5.95. The summed E-state index contributed by atoms with van der Waals surface area (Å²) in [5, 5.41) is 7.88. The first-order valence-electron chi connectivity index (χ1n) is 8.41. The van der Waals surface area contributed by atoms with Gasteiger partial charge < -0.3 is 11.1 Å². The summed E-state index contributed by atoms with van der Waals surface area (Å²) in [7, 11) is 0. The molecule has 0 aliphatic carbocycles.